The summed E-state index contributed by atoms with van der Waals surface area (Å²) in [4.78, 5) is 32.4. The molecule has 0 radical (unpaired) electrons. The van der Waals surface area contributed by atoms with Crippen LogP contribution in [0, 0.1) is 0 Å². The maximum atomic E-state index is 11.6. The van der Waals surface area contributed by atoms with Gasteiger partial charge in [-0.1, -0.05) is 0 Å². The van der Waals surface area contributed by atoms with Gasteiger partial charge in [-0.25, -0.2) is 0 Å². The van der Waals surface area contributed by atoms with E-state index >= 15 is 0 Å². The van der Waals surface area contributed by atoms with E-state index in [0.29, 0.717) is 0 Å². The second-order valence-corrected chi connectivity index (χ2v) is 3.89. The lowest BCUT2D eigenvalue weighted by atomic mass is 10.7. The lowest BCUT2D eigenvalue weighted by molar-refractivity contribution is -0.142. The van der Waals surface area contributed by atoms with Crippen LogP contribution in [0.5, 0.6) is 0 Å². The zero-order valence-corrected chi connectivity index (χ0v) is 9.55. The molecule has 0 unspecified atom stereocenters. The quantitative estimate of drug-likeness (QED) is 0.440. The first-order valence-electron chi connectivity index (χ1n) is 4.24. The zero-order chi connectivity index (χ0) is 13.5. The summed E-state index contributed by atoms with van der Waals surface area (Å²) in [6, 6.07) is 0. The Hall–Kier alpha value is -1.48. The highest BCUT2D eigenvalue weighted by molar-refractivity contribution is 7.50. The Morgan fingerprint density at radius 2 is 1.00 bits per heavy atom. The molecule has 0 aliphatic carbocycles. The third kappa shape index (κ3) is 5.97. The number of hydrogen-bond acceptors (Lipinski definition) is 10. The summed E-state index contributed by atoms with van der Waals surface area (Å²) in [6.07, 6.45) is 0. The summed E-state index contributed by atoms with van der Waals surface area (Å²) >= 11 is 0. The van der Waals surface area contributed by atoms with Crippen molar-refractivity contribution in [1.82, 2.24) is 0 Å². The lowest BCUT2D eigenvalue weighted by Crippen LogP contribution is -2.24. The van der Waals surface area contributed by atoms with Crippen molar-refractivity contribution >= 4 is 25.7 Å². The van der Waals surface area contributed by atoms with Crippen molar-refractivity contribution in [3.05, 3.63) is 0 Å². The molecule has 0 aromatic rings. The summed E-state index contributed by atoms with van der Waals surface area (Å²) in [5.74, 6) is -3.58. The Bertz CT molecular complexity index is 305. The van der Waals surface area contributed by atoms with Gasteiger partial charge in [-0.15, -0.1) is 0 Å². The first kappa shape index (κ1) is 15.5. The second kappa shape index (κ2) is 6.97. The number of carbonyl (C=O) groups is 3. The average molecular weight is 269 g/mol. The fourth-order valence-electron chi connectivity index (χ4n) is 0.542. The van der Waals surface area contributed by atoms with E-state index in [4.69, 9.17) is 17.2 Å². The molecule has 0 aliphatic rings. The minimum Gasteiger partial charge on any atom is -0.351 e. The molecule has 0 rings (SSSR count). The van der Waals surface area contributed by atoms with Crippen LogP contribution in [-0.2, 0) is 32.5 Å². The molecule has 0 aliphatic heterocycles. The van der Waals surface area contributed by atoms with E-state index in [0.717, 1.165) is 0 Å². The molecule has 6 N–H and O–H groups in total. The van der Waals surface area contributed by atoms with Crippen molar-refractivity contribution in [3.8, 4) is 0 Å². The molecule has 0 atom stereocenters. The Labute approximate surface area is 96.0 Å². The molecule has 17 heavy (non-hydrogen) atoms. The first-order valence-corrected chi connectivity index (χ1v) is 5.70. The van der Waals surface area contributed by atoms with E-state index < -0.39 is 45.4 Å². The normalized spacial score (nSPS) is 10.5. The van der Waals surface area contributed by atoms with Crippen LogP contribution in [0.3, 0.4) is 0 Å². The Morgan fingerprint density at radius 3 is 1.18 bits per heavy atom. The van der Waals surface area contributed by atoms with Gasteiger partial charge in [0, 0.05) is 0 Å². The molecule has 0 spiro atoms. The van der Waals surface area contributed by atoms with Crippen molar-refractivity contribution < 1.29 is 32.5 Å². The fourth-order valence-corrected chi connectivity index (χ4v) is 1.63. The van der Waals surface area contributed by atoms with Gasteiger partial charge in [0.25, 0.3) is 0 Å². The first-order chi connectivity index (χ1) is 7.86. The van der Waals surface area contributed by atoms with Crippen molar-refractivity contribution in [1.29, 1.82) is 0 Å². The predicted molar refractivity (Wildman–Crippen MR) is 53.0 cm³/mol. The maximum absolute atomic E-state index is 11.6. The van der Waals surface area contributed by atoms with Gasteiger partial charge in [-0.3, -0.25) is 14.4 Å². The summed E-state index contributed by atoms with van der Waals surface area (Å²) in [6.45, 7) is -1.95. The van der Waals surface area contributed by atoms with Crippen LogP contribution >= 0.6 is 7.82 Å². The van der Waals surface area contributed by atoms with E-state index in [2.05, 4.69) is 13.6 Å². The summed E-state index contributed by atoms with van der Waals surface area (Å²) < 4.78 is 24.0. The molecule has 0 saturated heterocycles. The Kier molecular flexibility index (Phi) is 6.36. The molecular formula is C6H12N3O7P. The van der Waals surface area contributed by atoms with E-state index in [-0.39, 0.29) is 0 Å². The fraction of sp³-hybridized carbons (Fsp3) is 0.500. The van der Waals surface area contributed by atoms with Gasteiger partial charge in [-0.05, 0) is 0 Å². The van der Waals surface area contributed by atoms with Crippen LogP contribution in [0.2, 0.25) is 0 Å². The van der Waals surface area contributed by atoms with Crippen molar-refractivity contribution in [2.24, 2.45) is 17.2 Å². The van der Waals surface area contributed by atoms with E-state index in [1.165, 1.54) is 0 Å². The van der Waals surface area contributed by atoms with Gasteiger partial charge in [0.2, 0.25) is 0 Å². The van der Waals surface area contributed by atoms with Gasteiger partial charge in [0.05, 0.1) is 19.6 Å². The standard InChI is InChI=1S/C6H12N3O7P/c7-1-4(10)14-17(13,15-5(11)2-8)16-6(12)3-9/h1-3,7-9H2. The second-order valence-electron chi connectivity index (χ2n) is 2.45. The van der Waals surface area contributed by atoms with Crippen molar-refractivity contribution in [2.45, 2.75) is 0 Å². The number of rotatable bonds is 6. The summed E-state index contributed by atoms with van der Waals surface area (Å²) in [5, 5.41) is 0. The summed E-state index contributed by atoms with van der Waals surface area (Å²) in [5.41, 5.74) is 14.6. The highest BCUT2D eigenvalue weighted by atomic mass is 31.2. The smallest absolute Gasteiger partial charge is 0.351 e. The van der Waals surface area contributed by atoms with Crippen molar-refractivity contribution in [3.63, 3.8) is 0 Å². The molecule has 98 valence electrons. The van der Waals surface area contributed by atoms with E-state index in [9.17, 15) is 18.9 Å². The van der Waals surface area contributed by atoms with Crippen LogP contribution in [-0.4, -0.2) is 37.5 Å². The number of phosphoric ester groups is 1. The molecule has 0 amide bonds. The van der Waals surface area contributed by atoms with Crippen LogP contribution in [0.4, 0.5) is 0 Å². The Balaban J connectivity index is 4.80. The molecule has 0 heterocycles. The largest absolute Gasteiger partial charge is 0.653 e. The molecule has 0 fully saturated rings. The highest BCUT2D eigenvalue weighted by Gasteiger charge is 2.38. The van der Waals surface area contributed by atoms with E-state index in [1.807, 2.05) is 0 Å². The minimum absolute atomic E-state index is 0.648. The molecule has 10 nitrogen and oxygen atoms in total. The molecular weight excluding hydrogens is 257 g/mol. The van der Waals surface area contributed by atoms with Gasteiger partial charge in [0.15, 0.2) is 0 Å². The van der Waals surface area contributed by atoms with E-state index in [1.54, 1.807) is 0 Å². The lowest BCUT2D eigenvalue weighted by Gasteiger charge is -2.15. The Morgan fingerprint density at radius 1 is 0.765 bits per heavy atom. The number of nitrogens with two attached hydrogens (primary N) is 3. The van der Waals surface area contributed by atoms with Gasteiger partial charge < -0.3 is 30.8 Å². The van der Waals surface area contributed by atoms with Crippen LogP contribution < -0.4 is 17.2 Å². The summed E-state index contributed by atoms with van der Waals surface area (Å²) in [7, 11) is -4.73. The van der Waals surface area contributed by atoms with Gasteiger partial charge >= 0.3 is 25.7 Å². The zero-order valence-electron chi connectivity index (χ0n) is 8.66. The maximum Gasteiger partial charge on any atom is 0.653 e. The average Bonchev–Trinajstić information content (AvgIpc) is 2.27. The van der Waals surface area contributed by atoms with Crippen LogP contribution in [0.15, 0.2) is 0 Å². The topological polar surface area (TPSA) is 174 Å². The third-order valence-corrected chi connectivity index (χ3v) is 2.42. The highest BCUT2D eigenvalue weighted by Crippen LogP contribution is 2.49. The third-order valence-electron chi connectivity index (χ3n) is 1.14. The van der Waals surface area contributed by atoms with Crippen molar-refractivity contribution in [2.75, 3.05) is 19.6 Å². The molecule has 0 saturated carbocycles. The van der Waals surface area contributed by atoms with Gasteiger partial charge in [0.1, 0.15) is 0 Å². The molecule has 0 bridgehead atoms. The predicted octanol–water partition coefficient (Wildman–Crippen LogP) is -2.40. The monoisotopic (exact) mass is 269 g/mol. The number of hydrogen-bond donors (Lipinski definition) is 3. The number of phosphoric acid groups is 1. The molecule has 0 aromatic carbocycles. The van der Waals surface area contributed by atoms with Crippen LogP contribution in [0.25, 0.3) is 0 Å². The molecule has 11 heteroatoms. The van der Waals surface area contributed by atoms with Crippen LogP contribution in [0.1, 0.15) is 0 Å². The SMILES string of the molecule is NCC(=O)OP(=O)(OC(=O)CN)OC(=O)CN. The minimum atomic E-state index is -4.73. The number of carbonyl (C=O) groups excluding carboxylic acids is 3. The van der Waals surface area contributed by atoms with Gasteiger partial charge in [-0.2, -0.15) is 4.57 Å². The molecule has 0 aromatic heterocycles.